The molecular formula is C13H20N4O2S. The Morgan fingerprint density at radius 2 is 1.95 bits per heavy atom. The highest BCUT2D eigenvalue weighted by molar-refractivity contribution is 7.89. The third-order valence-corrected chi connectivity index (χ3v) is 5.91. The zero-order chi connectivity index (χ0) is 14.2. The number of hydrogen-bond donors (Lipinski definition) is 1. The van der Waals surface area contributed by atoms with Crippen LogP contribution in [-0.4, -0.2) is 55.3 Å². The lowest BCUT2D eigenvalue weighted by Crippen LogP contribution is -2.49. The van der Waals surface area contributed by atoms with Gasteiger partial charge in [0.05, 0.1) is 0 Å². The van der Waals surface area contributed by atoms with Crippen molar-refractivity contribution < 1.29 is 8.42 Å². The van der Waals surface area contributed by atoms with Gasteiger partial charge in [0, 0.05) is 38.9 Å². The lowest BCUT2D eigenvalue weighted by molar-refractivity contribution is 0.182. The van der Waals surface area contributed by atoms with Crippen LogP contribution in [0, 0.1) is 5.92 Å². The van der Waals surface area contributed by atoms with E-state index in [4.69, 9.17) is 5.73 Å². The van der Waals surface area contributed by atoms with Crippen molar-refractivity contribution in [3.8, 4) is 0 Å². The van der Waals surface area contributed by atoms with E-state index in [2.05, 4.69) is 9.88 Å². The van der Waals surface area contributed by atoms with Gasteiger partial charge in [0.15, 0.2) is 0 Å². The van der Waals surface area contributed by atoms with Crippen molar-refractivity contribution >= 4 is 15.8 Å². The molecule has 0 amide bonds. The molecule has 1 aliphatic carbocycles. The molecule has 3 rings (SSSR count). The minimum atomic E-state index is -3.51. The highest BCUT2D eigenvalue weighted by atomic mass is 32.2. The van der Waals surface area contributed by atoms with Gasteiger partial charge in [0.2, 0.25) is 10.0 Å². The SMILES string of the molecule is Nc1ncccc1S(=O)(=O)N1CCN(CC2CC2)CC1. The first-order chi connectivity index (χ1) is 9.57. The highest BCUT2D eigenvalue weighted by Crippen LogP contribution is 2.30. The summed E-state index contributed by atoms with van der Waals surface area (Å²) < 4.78 is 26.6. The van der Waals surface area contributed by atoms with Gasteiger partial charge in [-0.3, -0.25) is 0 Å². The van der Waals surface area contributed by atoms with Crippen molar-refractivity contribution in [2.45, 2.75) is 17.7 Å². The molecular weight excluding hydrogens is 276 g/mol. The average molecular weight is 296 g/mol. The number of pyridine rings is 1. The van der Waals surface area contributed by atoms with Gasteiger partial charge >= 0.3 is 0 Å². The van der Waals surface area contributed by atoms with Gasteiger partial charge in [-0.05, 0) is 30.9 Å². The first-order valence-corrected chi connectivity index (χ1v) is 8.44. The first-order valence-electron chi connectivity index (χ1n) is 7.00. The third-order valence-electron chi connectivity index (χ3n) is 3.96. The molecule has 0 atom stereocenters. The van der Waals surface area contributed by atoms with Crippen LogP contribution in [0.2, 0.25) is 0 Å². The molecule has 0 bridgehead atoms. The van der Waals surface area contributed by atoms with Gasteiger partial charge < -0.3 is 10.6 Å². The van der Waals surface area contributed by atoms with Crippen molar-refractivity contribution in [3.63, 3.8) is 0 Å². The van der Waals surface area contributed by atoms with Crippen molar-refractivity contribution in [2.75, 3.05) is 38.5 Å². The van der Waals surface area contributed by atoms with E-state index < -0.39 is 10.0 Å². The van der Waals surface area contributed by atoms with E-state index >= 15 is 0 Å². The number of nitrogen functional groups attached to an aromatic ring is 1. The monoisotopic (exact) mass is 296 g/mol. The third kappa shape index (κ3) is 2.79. The van der Waals surface area contributed by atoms with Crippen molar-refractivity contribution in [2.24, 2.45) is 5.92 Å². The maximum atomic E-state index is 12.5. The molecule has 2 aliphatic rings. The zero-order valence-electron chi connectivity index (χ0n) is 11.4. The largest absolute Gasteiger partial charge is 0.383 e. The number of hydrogen-bond acceptors (Lipinski definition) is 5. The lowest BCUT2D eigenvalue weighted by Gasteiger charge is -2.34. The maximum absolute atomic E-state index is 12.5. The Balaban J connectivity index is 1.68. The van der Waals surface area contributed by atoms with Crippen LogP contribution < -0.4 is 5.73 Å². The highest BCUT2D eigenvalue weighted by Gasteiger charge is 2.32. The molecule has 0 radical (unpaired) electrons. The van der Waals surface area contributed by atoms with Gasteiger partial charge in [-0.2, -0.15) is 4.31 Å². The molecule has 0 spiro atoms. The maximum Gasteiger partial charge on any atom is 0.246 e. The van der Waals surface area contributed by atoms with E-state index in [9.17, 15) is 8.42 Å². The topological polar surface area (TPSA) is 79.5 Å². The minimum absolute atomic E-state index is 0.0768. The second-order valence-corrected chi connectivity index (χ2v) is 7.44. The summed E-state index contributed by atoms with van der Waals surface area (Å²) in [7, 11) is -3.51. The van der Waals surface area contributed by atoms with Crippen LogP contribution in [0.4, 0.5) is 5.82 Å². The molecule has 2 heterocycles. The number of rotatable bonds is 4. The predicted molar refractivity (Wildman–Crippen MR) is 76.6 cm³/mol. The summed E-state index contributed by atoms with van der Waals surface area (Å²) in [5.74, 6) is 0.917. The molecule has 0 aromatic carbocycles. The number of nitrogens with zero attached hydrogens (tertiary/aromatic N) is 3. The molecule has 1 saturated heterocycles. The van der Waals surface area contributed by atoms with E-state index in [0.717, 1.165) is 25.6 Å². The van der Waals surface area contributed by atoms with Gasteiger partial charge in [0.25, 0.3) is 0 Å². The van der Waals surface area contributed by atoms with Gasteiger partial charge in [-0.1, -0.05) is 0 Å². The summed E-state index contributed by atoms with van der Waals surface area (Å²) in [5, 5.41) is 0. The summed E-state index contributed by atoms with van der Waals surface area (Å²) in [6, 6.07) is 3.13. The lowest BCUT2D eigenvalue weighted by atomic mass is 10.3. The quantitative estimate of drug-likeness (QED) is 0.869. The van der Waals surface area contributed by atoms with Crippen LogP contribution in [0.25, 0.3) is 0 Å². The van der Waals surface area contributed by atoms with E-state index in [1.165, 1.54) is 29.4 Å². The minimum Gasteiger partial charge on any atom is -0.383 e. The van der Waals surface area contributed by atoms with E-state index in [1.807, 2.05) is 0 Å². The molecule has 1 saturated carbocycles. The summed E-state index contributed by atoms with van der Waals surface area (Å²) in [6.07, 6.45) is 4.15. The van der Waals surface area contributed by atoms with Crippen molar-refractivity contribution in [1.82, 2.24) is 14.2 Å². The molecule has 2 N–H and O–H groups in total. The number of piperazine rings is 1. The fraction of sp³-hybridized carbons (Fsp3) is 0.615. The summed E-state index contributed by atoms with van der Waals surface area (Å²) in [5.41, 5.74) is 5.69. The Labute approximate surface area is 119 Å². The Hall–Kier alpha value is -1.18. The van der Waals surface area contributed by atoms with E-state index in [0.29, 0.717) is 13.1 Å². The summed E-state index contributed by atoms with van der Waals surface area (Å²) >= 11 is 0. The molecule has 1 aromatic rings. The fourth-order valence-corrected chi connectivity index (χ4v) is 4.07. The number of sulfonamides is 1. The summed E-state index contributed by atoms with van der Waals surface area (Å²) in [4.78, 5) is 6.34. The zero-order valence-corrected chi connectivity index (χ0v) is 12.2. The van der Waals surface area contributed by atoms with Gasteiger partial charge in [-0.25, -0.2) is 13.4 Å². The predicted octanol–water partition coefficient (Wildman–Crippen LogP) is 0.380. The Morgan fingerprint density at radius 3 is 2.55 bits per heavy atom. The van der Waals surface area contributed by atoms with Crippen LogP contribution in [0.3, 0.4) is 0 Å². The van der Waals surface area contributed by atoms with Crippen LogP contribution >= 0.6 is 0 Å². The summed E-state index contributed by atoms with van der Waals surface area (Å²) in [6.45, 7) is 3.78. The van der Waals surface area contributed by atoms with Crippen molar-refractivity contribution in [3.05, 3.63) is 18.3 Å². The van der Waals surface area contributed by atoms with E-state index in [1.54, 1.807) is 6.07 Å². The second-order valence-electron chi connectivity index (χ2n) is 5.53. The second kappa shape index (κ2) is 5.31. The molecule has 1 aliphatic heterocycles. The number of anilines is 1. The van der Waals surface area contributed by atoms with E-state index in [-0.39, 0.29) is 10.7 Å². The fourth-order valence-electron chi connectivity index (χ4n) is 2.58. The molecule has 110 valence electrons. The Bertz CT molecular complexity index is 578. The average Bonchev–Trinajstić information content (AvgIpc) is 3.24. The molecule has 7 heteroatoms. The smallest absolute Gasteiger partial charge is 0.246 e. The molecule has 6 nitrogen and oxygen atoms in total. The molecule has 0 unspecified atom stereocenters. The first kappa shape index (κ1) is 13.8. The van der Waals surface area contributed by atoms with Crippen molar-refractivity contribution in [1.29, 1.82) is 0 Å². The number of nitrogens with two attached hydrogens (primary N) is 1. The normalized spacial score (nSPS) is 22.0. The number of aromatic nitrogens is 1. The van der Waals surface area contributed by atoms with Gasteiger partial charge in [0.1, 0.15) is 10.7 Å². The standard InChI is InChI=1S/C13H20N4O2S/c14-13-12(2-1-5-15-13)20(18,19)17-8-6-16(7-9-17)10-11-3-4-11/h1-2,5,11H,3-4,6-10H2,(H2,14,15). The Kier molecular flexibility index (Phi) is 3.66. The van der Waals surface area contributed by atoms with Crippen LogP contribution in [0.15, 0.2) is 23.2 Å². The van der Waals surface area contributed by atoms with Gasteiger partial charge in [-0.15, -0.1) is 0 Å². The Morgan fingerprint density at radius 1 is 1.25 bits per heavy atom. The molecule has 1 aromatic heterocycles. The molecule has 2 fully saturated rings. The van der Waals surface area contributed by atoms with Crippen LogP contribution in [0.5, 0.6) is 0 Å². The van der Waals surface area contributed by atoms with Crippen LogP contribution in [0.1, 0.15) is 12.8 Å². The molecule has 20 heavy (non-hydrogen) atoms. The van der Waals surface area contributed by atoms with Crippen LogP contribution in [-0.2, 0) is 10.0 Å².